The Kier molecular flexibility index (Phi) is 4.90. The lowest BCUT2D eigenvalue weighted by Crippen LogP contribution is -2.51. The second kappa shape index (κ2) is 5.90. The summed E-state index contributed by atoms with van der Waals surface area (Å²) >= 11 is 0.939. The molecule has 20 heavy (non-hydrogen) atoms. The number of aliphatic carboxylic acids is 1. The zero-order valence-corrected chi connectivity index (χ0v) is 12.9. The number of rotatable bonds is 6. The third-order valence-corrected chi connectivity index (χ3v) is 5.42. The first kappa shape index (κ1) is 16.6. The predicted octanol–water partition coefficient (Wildman–Crippen LogP) is 0.639. The lowest BCUT2D eigenvalue weighted by molar-refractivity contribution is -0.143. The molecular formula is C11H16N2O5S2. The van der Waals surface area contributed by atoms with Crippen molar-refractivity contribution in [2.45, 2.75) is 30.7 Å². The van der Waals surface area contributed by atoms with Crippen molar-refractivity contribution in [3.8, 4) is 0 Å². The number of carbonyl (C=O) groups excluding carboxylic acids is 1. The monoisotopic (exact) mass is 320 g/mol. The summed E-state index contributed by atoms with van der Waals surface area (Å²) in [6.07, 6.45) is 0.209. The van der Waals surface area contributed by atoms with Crippen LogP contribution in [-0.2, 0) is 14.8 Å². The van der Waals surface area contributed by atoms with E-state index in [1.807, 2.05) is 0 Å². The summed E-state index contributed by atoms with van der Waals surface area (Å²) in [7, 11) is -2.34. The average molecular weight is 320 g/mol. The van der Waals surface area contributed by atoms with Gasteiger partial charge in [-0.1, -0.05) is 6.92 Å². The first-order valence-corrected chi connectivity index (χ1v) is 8.10. The van der Waals surface area contributed by atoms with Gasteiger partial charge in [0.25, 0.3) is 5.91 Å². The molecule has 0 aromatic carbocycles. The molecule has 0 aliphatic rings. The van der Waals surface area contributed by atoms with Gasteiger partial charge < -0.3 is 10.4 Å². The van der Waals surface area contributed by atoms with Gasteiger partial charge in [-0.25, -0.2) is 17.9 Å². The number of amides is 1. The van der Waals surface area contributed by atoms with E-state index in [9.17, 15) is 18.0 Å². The lowest BCUT2D eigenvalue weighted by Gasteiger charge is -2.24. The number of carboxylic acid groups (broad SMARTS) is 1. The molecule has 0 bridgehead atoms. The molecule has 0 spiro atoms. The maximum Gasteiger partial charge on any atom is 0.329 e. The molecule has 7 nitrogen and oxygen atoms in total. The van der Waals surface area contributed by atoms with Crippen LogP contribution in [-0.4, -0.2) is 38.0 Å². The van der Waals surface area contributed by atoms with E-state index in [0.717, 1.165) is 11.3 Å². The van der Waals surface area contributed by atoms with Crippen molar-refractivity contribution in [3.05, 3.63) is 16.3 Å². The highest BCUT2D eigenvalue weighted by atomic mass is 32.2. The Balaban J connectivity index is 2.98. The molecule has 1 aromatic rings. The van der Waals surface area contributed by atoms with E-state index >= 15 is 0 Å². The molecule has 1 unspecified atom stereocenters. The van der Waals surface area contributed by atoms with Crippen LogP contribution in [0.25, 0.3) is 0 Å². The van der Waals surface area contributed by atoms with Crippen molar-refractivity contribution in [3.63, 3.8) is 0 Å². The molecule has 0 aliphatic carbocycles. The minimum atomic E-state index is -3.61. The molecular weight excluding hydrogens is 304 g/mol. The SMILES string of the molecule is CCC(C)(NC(=O)c1cc(S(=O)(=O)NC)cs1)C(=O)O. The van der Waals surface area contributed by atoms with E-state index in [4.69, 9.17) is 5.11 Å². The zero-order chi connectivity index (χ0) is 15.6. The fraction of sp³-hybridized carbons (Fsp3) is 0.455. The molecule has 112 valence electrons. The van der Waals surface area contributed by atoms with Gasteiger partial charge in [0.2, 0.25) is 10.0 Å². The van der Waals surface area contributed by atoms with Crippen LogP contribution in [0.15, 0.2) is 16.3 Å². The summed E-state index contributed by atoms with van der Waals surface area (Å²) in [5, 5.41) is 12.8. The van der Waals surface area contributed by atoms with Crippen molar-refractivity contribution in [1.82, 2.24) is 10.0 Å². The van der Waals surface area contributed by atoms with Gasteiger partial charge in [0, 0.05) is 5.38 Å². The fourth-order valence-corrected chi connectivity index (χ4v) is 3.20. The Morgan fingerprint density at radius 2 is 2.05 bits per heavy atom. The van der Waals surface area contributed by atoms with Crippen LogP contribution >= 0.6 is 11.3 Å². The van der Waals surface area contributed by atoms with Gasteiger partial charge in [0.05, 0.1) is 9.77 Å². The summed E-state index contributed by atoms with van der Waals surface area (Å²) in [4.78, 5) is 23.2. The van der Waals surface area contributed by atoms with Crippen molar-refractivity contribution in [2.75, 3.05) is 7.05 Å². The summed E-state index contributed by atoms with van der Waals surface area (Å²) in [6.45, 7) is 3.03. The Hall–Kier alpha value is -1.45. The number of carboxylic acids is 1. The van der Waals surface area contributed by atoms with Gasteiger partial charge in [-0.3, -0.25) is 4.79 Å². The number of thiophene rings is 1. The number of hydrogen-bond donors (Lipinski definition) is 3. The van der Waals surface area contributed by atoms with Crippen LogP contribution in [0, 0.1) is 0 Å². The van der Waals surface area contributed by atoms with Gasteiger partial charge in [0.1, 0.15) is 5.54 Å². The van der Waals surface area contributed by atoms with Gasteiger partial charge in [-0.2, -0.15) is 0 Å². The molecule has 0 aliphatic heterocycles. The minimum absolute atomic E-state index is 0.0244. The maximum atomic E-state index is 12.0. The van der Waals surface area contributed by atoms with Crippen molar-refractivity contribution in [1.29, 1.82) is 0 Å². The zero-order valence-electron chi connectivity index (χ0n) is 11.3. The smallest absolute Gasteiger partial charge is 0.329 e. The molecule has 0 fully saturated rings. The molecule has 0 saturated carbocycles. The van der Waals surface area contributed by atoms with Crippen LogP contribution in [0.3, 0.4) is 0 Å². The summed E-state index contributed by atoms with van der Waals surface area (Å²) in [5.41, 5.74) is -1.39. The Morgan fingerprint density at radius 1 is 1.45 bits per heavy atom. The highest BCUT2D eigenvalue weighted by Crippen LogP contribution is 2.20. The molecule has 1 aromatic heterocycles. The standard InChI is InChI=1S/C11H16N2O5S2/c1-4-11(2,10(15)16)13-9(14)8-5-7(6-19-8)20(17,18)12-3/h5-6,12H,4H2,1-3H3,(H,13,14)(H,15,16). The summed E-state index contributed by atoms with van der Waals surface area (Å²) in [5.74, 6) is -1.76. The Labute approximate surface area is 121 Å². The molecule has 0 radical (unpaired) electrons. The van der Waals surface area contributed by atoms with E-state index < -0.39 is 27.4 Å². The second-order valence-corrected chi connectivity index (χ2v) is 7.10. The minimum Gasteiger partial charge on any atom is -0.480 e. The quantitative estimate of drug-likeness (QED) is 0.712. The van der Waals surface area contributed by atoms with Crippen LogP contribution in [0.1, 0.15) is 29.9 Å². The molecule has 1 rings (SSSR count). The van der Waals surface area contributed by atoms with Crippen molar-refractivity contribution >= 4 is 33.2 Å². The van der Waals surface area contributed by atoms with Crippen LogP contribution in [0.2, 0.25) is 0 Å². The molecule has 1 amide bonds. The van der Waals surface area contributed by atoms with E-state index in [1.165, 1.54) is 25.4 Å². The number of hydrogen-bond acceptors (Lipinski definition) is 5. The normalized spacial score (nSPS) is 14.6. The second-order valence-electron chi connectivity index (χ2n) is 4.30. The largest absolute Gasteiger partial charge is 0.480 e. The van der Waals surface area contributed by atoms with Crippen molar-refractivity contribution in [2.24, 2.45) is 0 Å². The highest BCUT2D eigenvalue weighted by Gasteiger charge is 2.33. The topological polar surface area (TPSA) is 113 Å². The van der Waals surface area contributed by atoms with Crippen molar-refractivity contribution < 1.29 is 23.1 Å². The summed E-state index contributed by atoms with van der Waals surface area (Å²) in [6, 6.07) is 1.21. The van der Waals surface area contributed by atoms with Crippen LogP contribution in [0.5, 0.6) is 0 Å². The van der Waals surface area contributed by atoms with E-state index in [0.29, 0.717) is 0 Å². The third-order valence-electron chi connectivity index (χ3n) is 2.95. The first-order valence-electron chi connectivity index (χ1n) is 5.74. The first-order chi connectivity index (χ1) is 9.16. The highest BCUT2D eigenvalue weighted by molar-refractivity contribution is 7.89. The lowest BCUT2D eigenvalue weighted by atomic mass is 9.99. The maximum absolute atomic E-state index is 12.0. The van der Waals surface area contributed by atoms with Gasteiger partial charge in [-0.15, -0.1) is 11.3 Å². The van der Waals surface area contributed by atoms with Gasteiger partial charge in [-0.05, 0) is 26.5 Å². The molecule has 1 heterocycles. The molecule has 9 heteroatoms. The van der Waals surface area contributed by atoms with Crippen LogP contribution in [0.4, 0.5) is 0 Å². The molecule has 3 N–H and O–H groups in total. The molecule has 1 atom stereocenters. The van der Waals surface area contributed by atoms with Crippen LogP contribution < -0.4 is 10.0 Å². The van der Waals surface area contributed by atoms with E-state index in [1.54, 1.807) is 6.92 Å². The number of carbonyl (C=O) groups is 2. The Morgan fingerprint density at radius 3 is 2.50 bits per heavy atom. The predicted molar refractivity (Wildman–Crippen MR) is 74.4 cm³/mol. The van der Waals surface area contributed by atoms with E-state index in [-0.39, 0.29) is 16.2 Å². The number of sulfonamides is 1. The van der Waals surface area contributed by atoms with Gasteiger partial charge in [0.15, 0.2) is 0 Å². The Bertz CT molecular complexity index is 623. The summed E-state index contributed by atoms with van der Waals surface area (Å²) < 4.78 is 25.3. The number of nitrogens with one attached hydrogen (secondary N) is 2. The molecule has 0 saturated heterocycles. The fourth-order valence-electron chi connectivity index (χ4n) is 1.30. The van der Waals surface area contributed by atoms with E-state index in [2.05, 4.69) is 10.0 Å². The van der Waals surface area contributed by atoms with Gasteiger partial charge >= 0.3 is 5.97 Å². The average Bonchev–Trinajstić information content (AvgIpc) is 2.88. The third kappa shape index (κ3) is 3.35.